The van der Waals surface area contributed by atoms with E-state index in [1.807, 2.05) is 0 Å². The Labute approximate surface area is 89.3 Å². The minimum atomic E-state index is -4.42. The summed E-state index contributed by atoms with van der Waals surface area (Å²) in [5, 5.41) is 0.410. The number of hydrogen-bond donors (Lipinski definition) is 0. The molecule has 0 unspecified atom stereocenters. The van der Waals surface area contributed by atoms with Crippen molar-refractivity contribution in [2.24, 2.45) is 0 Å². The molecule has 0 aliphatic heterocycles. The number of rotatable bonds is 0. The highest BCUT2D eigenvalue weighted by atomic mass is 35.5. The number of halogens is 4. The zero-order chi connectivity index (χ0) is 11.1. The molecule has 0 saturated carbocycles. The van der Waals surface area contributed by atoms with Crippen LogP contribution in [-0.4, -0.2) is 0 Å². The molecule has 4 heteroatoms. The zero-order valence-corrected chi connectivity index (χ0v) is 8.23. The lowest BCUT2D eigenvalue weighted by molar-refractivity contribution is -0.136. The molecule has 0 atom stereocenters. The molecule has 0 saturated heterocycles. The average molecular weight is 231 g/mol. The molecule has 2 rings (SSSR count). The highest BCUT2D eigenvalue weighted by Crippen LogP contribution is 2.39. The Morgan fingerprint density at radius 2 is 1.60 bits per heavy atom. The van der Waals surface area contributed by atoms with Crippen LogP contribution in [0.15, 0.2) is 36.4 Å². The van der Waals surface area contributed by atoms with Gasteiger partial charge in [-0.15, -0.1) is 0 Å². The fourth-order valence-corrected chi connectivity index (χ4v) is 1.80. The summed E-state index contributed by atoms with van der Waals surface area (Å²) in [5.74, 6) is 0. The second kappa shape index (κ2) is 3.42. The summed E-state index contributed by atoms with van der Waals surface area (Å²) in [5.41, 5.74) is -0.762. The average Bonchev–Trinajstić information content (AvgIpc) is 2.15. The van der Waals surface area contributed by atoms with Crippen molar-refractivity contribution < 1.29 is 13.2 Å². The molecular formula is C11H6ClF3. The van der Waals surface area contributed by atoms with E-state index in [2.05, 4.69) is 0 Å². The van der Waals surface area contributed by atoms with Crippen LogP contribution in [0.4, 0.5) is 13.2 Å². The normalized spacial score (nSPS) is 12.0. The maximum atomic E-state index is 12.7. The van der Waals surface area contributed by atoms with Crippen LogP contribution in [0.5, 0.6) is 0 Å². The van der Waals surface area contributed by atoms with Crippen molar-refractivity contribution in [3.05, 3.63) is 47.0 Å². The summed E-state index contributed by atoms with van der Waals surface area (Å²) < 4.78 is 38.1. The zero-order valence-electron chi connectivity index (χ0n) is 7.48. The molecule has 0 N–H and O–H groups in total. The van der Waals surface area contributed by atoms with Gasteiger partial charge in [-0.2, -0.15) is 13.2 Å². The molecule has 15 heavy (non-hydrogen) atoms. The van der Waals surface area contributed by atoms with Crippen molar-refractivity contribution in [1.82, 2.24) is 0 Å². The molecule has 0 fully saturated rings. The third kappa shape index (κ3) is 1.79. The SMILES string of the molecule is FC(F)(F)c1c(Cl)ccc2ccccc12. The summed E-state index contributed by atoms with van der Waals surface area (Å²) in [4.78, 5) is 0. The van der Waals surface area contributed by atoms with E-state index < -0.39 is 11.7 Å². The number of benzene rings is 2. The third-order valence-electron chi connectivity index (χ3n) is 2.16. The Bertz CT molecular complexity index is 503. The van der Waals surface area contributed by atoms with Gasteiger partial charge in [0.2, 0.25) is 0 Å². The van der Waals surface area contributed by atoms with Crippen LogP contribution in [0, 0.1) is 0 Å². The first-order chi connectivity index (χ1) is 7.00. The molecule has 0 aromatic heterocycles. The molecule has 0 heterocycles. The Morgan fingerprint density at radius 1 is 0.933 bits per heavy atom. The Hall–Kier alpha value is -1.22. The number of fused-ring (bicyclic) bond motifs is 1. The van der Waals surface area contributed by atoms with E-state index in [0.29, 0.717) is 5.39 Å². The van der Waals surface area contributed by atoms with Crippen molar-refractivity contribution in [2.75, 3.05) is 0 Å². The fraction of sp³-hybridized carbons (Fsp3) is 0.0909. The first-order valence-electron chi connectivity index (χ1n) is 4.24. The van der Waals surface area contributed by atoms with Gasteiger partial charge in [0, 0.05) is 0 Å². The Morgan fingerprint density at radius 3 is 2.27 bits per heavy atom. The summed E-state index contributed by atoms with van der Waals surface area (Å²) in [6.07, 6.45) is -4.42. The first kappa shape index (κ1) is 10.3. The molecule has 2 aromatic rings. The lowest BCUT2D eigenvalue weighted by Crippen LogP contribution is -2.06. The lowest BCUT2D eigenvalue weighted by Gasteiger charge is -2.11. The maximum Gasteiger partial charge on any atom is 0.418 e. The second-order valence-corrected chi connectivity index (χ2v) is 3.55. The topological polar surface area (TPSA) is 0 Å². The quantitative estimate of drug-likeness (QED) is 0.625. The van der Waals surface area contributed by atoms with E-state index >= 15 is 0 Å². The van der Waals surface area contributed by atoms with Gasteiger partial charge in [0.05, 0.1) is 10.6 Å². The van der Waals surface area contributed by atoms with E-state index in [1.54, 1.807) is 24.3 Å². The van der Waals surface area contributed by atoms with Crippen LogP contribution < -0.4 is 0 Å². The van der Waals surface area contributed by atoms with Gasteiger partial charge in [0.15, 0.2) is 0 Å². The van der Waals surface area contributed by atoms with E-state index in [0.717, 1.165) is 0 Å². The van der Waals surface area contributed by atoms with Gasteiger partial charge >= 0.3 is 6.18 Å². The van der Waals surface area contributed by atoms with Crippen molar-refractivity contribution in [3.8, 4) is 0 Å². The van der Waals surface area contributed by atoms with Crippen LogP contribution in [0.2, 0.25) is 5.02 Å². The van der Waals surface area contributed by atoms with Crippen molar-refractivity contribution in [1.29, 1.82) is 0 Å². The maximum absolute atomic E-state index is 12.7. The van der Waals surface area contributed by atoms with E-state index in [1.165, 1.54) is 12.1 Å². The smallest absolute Gasteiger partial charge is 0.166 e. The van der Waals surface area contributed by atoms with E-state index in [-0.39, 0.29) is 10.4 Å². The van der Waals surface area contributed by atoms with Gasteiger partial charge < -0.3 is 0 Å². The molecule has 78 valence electrons. The van der Waals surface area contributed by atoms with Crippen LogP contribution in [0.25, 0.3) is 10.8 Å². The molecular weight excluding hydrogens is 225 g/mol. The van der Waals surface area contributed by atoms with Gasteiger partial charge in [-0.1, -0.05) is 41.9 Å². The number of hydrogen-bond acceptors (Lipinski definition) is 0. The molecule has 0 radical (unpaired) electrons. The van der Waals surface area contributed by atoms with Gasteiger partial charge in [0.25, 0.3) is 0 Å². The minimum absolute atomic E-state index is 0.137. The molecule has 0 nitrogen and oxygen atoms in total. The fourth-order valence-electron chi connectivity index (χ4n) is 1.53. The highest BCUT2D eigenvalue weighted by Gasteiger charge is 2.34. The third-order valence-corrected chi connectivity index (χ3v) is 2.48. The monoisotopic (exact) mass is 230 g/mol. The molecule has 0 spiro atoms. The van der Waals surface area contributed by atoms with Gasteiger partial charge in [-0.3, -0.25) is 0 Å². The molecule has 2 aromatic carbocycles. The lowest BCUT2D eigenvalue weighted by atomic mass is 10.0. The second-order valence-electron chi connectivity index (χ2n) is 3.14. The molecule has 0 aliphatic carbocycles. The van der Waals surface area contributed by atoms with Crippen molar-refractivity contribution in [2.45, 2.75) is 6.18 Å². The first-order valence-corrected chi connectivity index (χ1v) is 4.62. The summed E-state index contributed by atoms with van der Waals surface area (Å²) >= 11 is 5.57. The van der Waals surface area contributed by atoms with Crippen LogP contribution >= 0.6 is 11.6 Å². The predicted octanol–water partition coefficient (Wildman–Crippen LogP) is 4.51. The highest BCUT2D eigenvalue weighted by molar-refractivity contribution is 6.32. The van der Waals surface area contributed by atoms with Gasteiger partial charge in [-0.05, 0) is 16.8 Å². The van der Waals surface area contributed by atoms with Gasteiger partial charge in [-0.25, -0.2) is 0 Å². The van der Waals surface area contributed by atoms with Crippen LogP contribution in [0.3, 0.4) is 0 Å². The van der Waals surface area contributed by atoms with Crippen LogP contribution in [0.1, 0.15) is 5.56 Å². The summed E-state index contributed by atoms with van der Waals surface area (Å²) in [6.45, 7) is 0. The largest absolute Gasteiger partial charge is 0.418 e. The molecule has 0 aliphatic rings. The summed E-state index contributed by atoms with van der Waals surface area (Å²) in [6, 6.07) is 9.15. The van der Waals surface area contributed by atoms with E-state index in [4.69, 9.17) is 11.6 Å². The standard InChI is InChI=1S/C11H6ClF3/c12-9-6-5-7-3-1-2-4-8(7)10(9)11(13,14)15/h1-6H. The minimum Gasteiger partial charge on any atom is -0.166 e. The summed E-state index contributed by atoms with van der Waals surface area (Å²) in [7, 11) is 0. The van der Waals surface area contributed by atoms with Crippen molar-refractivity contribution >= 4 is 22.4 Å². The Balaban J connectivity index is 2.86. The molecule has 0 amide bonds. The molecule has 0 bridgehead atoms. The Kier molecular flexibility index (Phi) is 2.35. The van der Waals surface area contributed by atoms with E-state index in [9.17, 15) is 13.2 Å². The van der Waals surface area contributed by atoms with Crippen molar-refractivity contribution in [3.63, 3.8) is 0 Å². The van der Waals surface area contributed by atoms with Gasteiger partial charge in [0.1, 0.15) is 0 Å². The predicted molar refractivity (Wildman–Crippen MR) is 54.0 cm³/mol. The van der Waals surface area contributed by atoms with Crippen LogP contribution in [-0.2, 0) is 6.18 Å². The number of alkyl halides is 3.